The number of carboxylic acid groups (broad SMARTS) is 1. The lowest BCUT2D eigenvalue weighted by Crippen LogP contribution is -2.22. The minimum Gasteiger partial charge on any atom is -0.479 e. The lowest BCUT2D eigenvalue weighted by molar-refractivity contribution is -0.144. The summed E-state index contributed by atoms with van der Waals surface area (Å²) in [6.45, 7) is 3.55. The van der Waals surface area contributed by atoms with E-state index < -0.39 is 12.1 Å². The SMILES string of the molecule is Cc1cc(OC(C)C(=O)O)ccc1SCc1ccccc1-c1ccccc1. The van der Waals surface area contributed by atoms with E-state index in [1.165, 1.54) is 23.6 Å². The van der Waals surface area contributed by atoms with Gasteiger partial charge in [-0.15, -0.1) is 11.8 Å². The molecule has 0 aliphatic heterocycles. The fraction of sp³-hybridized carbons (Fsp3) is 0.174. The summed E-state index contributed by atoms with van der Waals surface area (Å²) in [7, 11) is 0. The maximum absolute atomic E-state index is 10.9. The molecule has 0 saturated heterocycles. The first-order chi connectivity index (χ1) is 13.0. The zero-order chi connectivity index (χ0) is 19.2. The molecule has 4 heteroatoms. The summed E-state index contributed by atoms with van der Waals surface area (Å²) >= 11 is 1.77. The van der Waals surface area contributed by atoms with Gasteiger partial charge in [-0.1, -0.05) is 54.6 Å². The summed E-state index contributed by atoms with van der Waals surface area (Å²) in [5.41, 5.74) is 4.83. The van der Waals surface area contributed by atoms with Crippen molar-refractivity contribution in [2.75, 3.05) is 0 Å². The normalized spacial score (nSPS) is 11.8. The quantitative estimate of drug-likeness (QED) is 0.527. The molecule has 3 rings (SSSR count). The van der Waals surface area contributed by atoms with E-state index in [0.717, 1.165) is 16.2 Å². The molecule has 0 fully saturated rings. The first-order valence-corrected chi connectivity index (χ1v) is 9.79. The van der Waals surface area contributed by atoms with Crippen molar-refractivity contribution in [3.05, 3.63) is 83.9 Å². The average molecular weight is 378 g/mol. The summed E-state index contributed by atoms with van der Waals surface area (Å²) in [6.07, 6.45) is -0.861. The van der Waals surface area contributed by atoms with Crippen molar-refractivity contribution < 1.29 is 14.6 Å². The summed E-state index contributed by atoms with van der Waals surface area (Å²) in [6, 6.07) is 24.6. The number of carboxylic acids is 1. The highest BCUT2D eigenvalue weighted by molar-refractivity contribution is 7.98. The summed E-state index contributed by atoms with van der Waals surface area (Å²) in [5.74, 6) is 0.470. The van der Waals surface area contributed by atoms with Crippen molar-refractivity contribution in [1.82, 2.24) is 0 Å². The molecule has 3 aromatic carbocycles. The van der Waals surface area contributed by atoms with Crippen molar-refractivity contribution in [2.45, 2.75) is 30.6 Å². The van der Waals surface area contributed by atoms with Gasteiger partial charge in [0.2, 0.25) is 0 Å². The average Bonchev–Trinajstić information content (AvgIpc) is 2.68. The maximum Gasteiger partial charge on any atom is 0.344 e. The molecule has 1 unspecified atom stereocenters. The maximum atomic E-state index is 10.9. The van der Waals surface area contributed by atoms with Crippen LogP contribution >= 0.6 is 11.8 Å². The van der Waals surface area contributed by atoms with Crippen LogP contribution < -0.4 is 4.74 Å². The van der Waals surface area contributed by atoms with E-state index in [1.807, 2.05) is 31.2 Å². The number of benzene rings is 3. The van der Waals surface area contributed by atoms with Crippen LogP contribution in [0.5, 0.6) is 5.75 Å². The van der Waals surface area contributed by atoms with E-state index in [1.54, 1.807) is 11.8 Å². The Labute approximate surface area is 164 Å². The summed E-state index contributed by atoms with van der Waals surface area (Å²) < 4.78 is 5.44. The number of aliphatic carboxylic acids is 1. The molecule has 3 nitrogen and oxygen atoms in total. The highest BCUT2D eigenvalue weighted by Crippen LogP contribution is 2.32. The Hall–Kier alpha value is -2.72. The van der Waals surface area contributed by atoms with E-state index in [2.05, 4.69) is 48.5 Å². The monoisotopic (exact) mass is 378 g/mol. The molecule has 0 heterocycles. The minimum atomic E-state index is -0.969. The second kappa shape index (κ2) is 8.78. The van der Waals surface area contributed by atoms with Crippen LogP contribution in [-0.4, -0.2) is 17.2 Å². The molecule has 0 bridgehead atoms. The number of hydrogen-bond donors (Lipinski definition) is 1. The van der Waals surface area contributed by atoms with Crippen LogP contribution in [0.15, 0.2) is 77.7 Å². The second-order valence-corrected chi connectivity index (χ2v) is 7.35. The molecule has 3 aromatic rings. The molecule has 0 radical (unpaired) electrons. The van der Waals surface area contributed by atoms with Gasteiger partial charge in [0.1, 0.15) is 5.75 Å². The first kappa shape index (κ1) is 19.1. The van der Waals surface area contributed by atoms with E-state index in [4.69, 9.17) is 9.84 Å². The predicted molar refractivity (Wildman–Crippen MR) is 110 cm³/mol. The largest absolute Gasteiger partial charge is 0.479 e. The molecular formula is C23H22O3S. The van der Waals surface area contributed by atoms with E-state index in [-0.39, 0.29) is 0 Å². The number of ether oxygens (including phenoxy) is 1. The van der Waals surface area contributed by atoms with E-state index in [0.29, 0.717) is 5.75 Å². The summed E-state index contributed by atoms with van der Waals surface area (Å²) in [5, 5.41) is 8.97. The predicted octanol–water partition coefficient (Wildman–Crippen LogP) is 5.81. The molecule has 0 aliphatic rings. The van der Waals surface area contributed by atoms with Gasteiger partial charge in [-0.2, -0.15) is 0 Å². The number of carbonyl (C=O) groups is 1. The molecule has 0 aromatic heterocycles. The number of aryl methyl sites for hydroxylation is 1. The number of thioether (sulfide) groups is 1. The Balaban J connectivity index is 1.74. The topological polar surface area (TPSA) is 46.5 Å². The summed E-state index contributed by atoms with van der Waals surface area (Å²) in [4.78, 5) is 12.1. The smallest absolute Gasteiger partial charge is 0.344 e. The molecule has 0 aliphatic carbocycles. The van der Waals surface area contributed by atoms with Crippen LogP contribution in [0.1, 0.15) is 18.1 Å². The molecule has 0 spiro atoms. The Kier molecular flexibility index (Phi) is 6.20. The molecule has 138 valence electrons. The molecule has 0 saturated carbocycles. The van der Waals surface area contributed by atoms with Gasteiger partial charge in [-0.05, 0) is 54.3 Å². The van der Waals surface area contributed by atoms with Crippen LogP contribution in [0.3, 0.4) is 0 Å². The van der Waals surface area contributed by atoms with Crippen molar-refractivity contribution in [3.63, 3.8) is 0 Å². The fourth-order valence-corrected chi connectivity index (χ4v) is 3.83. The molecular weight excluding hydrogens is 356 g/mol. The van der Waals surface area contributed by atoms with Crippen molar-refractivity contribution in [1.29, 1.82) is 0 Å². The minimum absolute atomic E-state index is 0.580. The van der Waals surface area contributed by atoms with Gasteiger partial charge < -0.3 is 9.84 Å². The van der Waals surface area contributed by atoms with Gasteiger partial charge in [0.25, 0.3) is 0 Å². The van der Waals surface area contributed by atoms with E-state index in [9.17, 15) is 4.79 Å². The van der Waals surface area contributed by atoms with Gasteiger partial charge in [0.15, 0.2) is 6.10 Å². The lowest BCUT2D eigenvalue weighted by Gasteiger charge is -2.13. The highest BCUT2D eigenvalue weighted by atomic mass is 32.2. The second-order valence-electron chi connectivity index (χ2n) is 6.34. The Morgan fingerprint density at radius 2 is 1.74 bits per heavy atom. The first-order valence-electron chi connectivity index (χ1n) is 8.81. The Bertz CT molecular complexity index is 922. The fourth-order valence-electron chi connectivity index (χ4n) is 2.81. The van der Waals surface area contributed by atoms with Gasteiger partial charge in [0.05, 0.1) is 0 Å². The van der Waals surface area contributed by atoms with Crippen LogP contribution in [0.2, 0.25) is 0 Å². The standard InChI is InChI=1S/C23H22O3S/c1-16-14-20(26-17(2)23(24)25)12-13-22(16)27-15-19-10-6-7-11-21(19)18-8-4-3-5-9-18/h3-14,17H,15H2,1-2H3,(H,24,25). The third kappa shape index (κ3) is 4.92. The van der Waals surface area contributed by atoms with Gasteiger partial charge in [-0.3, -0.25) is 0 Å². The Morgan fingerprint density at radius 1 is 1.04 bits per heavy atom. The van der Waals surface area contributed by atoms with Gasteiger partial charge >= 0.3 is 5.97 Å². The zero-order valence-corrected chi connectivity index (χ0v) is 16.2. The zero-order valence-electron chi connectivity index (χ0n) is 15.4. The van der Waals surface area contributed by atoms with Crippen molar-refractivity contribution >= 4 is 17.7 Å². The molecule has 1 atom stereocenters. The number of rotatable bonds is 7. The van der Waals surface area contributed by atoms with E-state index >= 15 is 0 Å². The number of hydrogen-bond acceptors (Lipinski definition) is 3. The van der Waals surface area contributed by atoms with Gasteiger partial charge in [-0.25, -0.2) is 4.79 Å². The molecule has 1 N–H and O–H groups in total. The third-order valence-electron chi connectivity index (χ3n) is 4.29. The Morgan fingerprint density at radius 3 is 2.44 bits per heavy atom. The van der Waals surface area contributed by atoms with Crippen LogP contribution in [-0.2, 0) is 10.5 Å². The molecule has 27 heavy (non-hydrogen) atoms. The van der Waals surface area contributed by atoms with Crippen LogP contribution in [0, 0.1) is 6.92 Å². The lowest BCUT2D eigenvalue weighted by atomic mass is 10.0. The molecule has 0 amide bonds. The third-order valence-corrected chi connectivity index (χ3v) is 5.52. The van der Waals surface area contributed by atoms with Crippen molar-refractivity contribution in [3.8, 4) is 16.9 Å². The highest BCUT2D eigenvalue weighted by Gasteiger charge is 2.13. The van der Waals surface area contributed by atoms with Crippen molar-refractivity contribution in [2.24, 2.45) is 0 Å². The van der Waals surface area contributed by atoms with Gasteiger partial charge in [0, 0.05) is 10.6 Å². The van der Waals surface area contributed by atoms with Crippen LogP contribution in [0.25, 0.3) is 11.1 Å². The van der Waals surface area contributed by atoms with Crippen LogP contribution in [0.4, 0.5) is 0 Å².